The molecular weight excluding hydrogens is 152 g/mol. The highest BCUT2D eigenvalue weighted by atomic mass is 32.2. The van der Waals surface area contributed by atoms with E-state index in [1.807, 2.05) is 5.92 Å². The lowest BCUT2D eigenvalue weighted by molar-refractivity contribution is 0.368. The van der Waals surface area contributed by atoms with E-state index in [1.165, 1.54) is 6.92 Å². The van der Waals surface area contributed by atoms with Gasteiger partial charge in [0.25, 0.3) is 10.1 Å². The largest absolute Gasteiger partial charge is 0.293 e. The highest BCUT2D eigenvalue weighted by Crippen LogP contribution is 2.03. The Morgan fingerprint density at radius 1 is 1.80 bits per heavy atom. The van der Waals surface area contributed by atoms with E-state index in [0.29, 0.717) is 0 Å². The van der Waals surface area contributed by atoms with Crippen LogP contribution in [0.15, 0.2) is 11.5 Å². The van der Waals surface area contributed by atoms with Crippen LogP contribution in [0.2, 0.25) is 0 Å². The molecule has 0 aliphatic heterocycles. The van der Waals surface area contributed by atoms with E-state index in [9.17, 15) is 8.42 Å². The Kier molecular flexibility index (Phi) is 3.13. The molecule has 0 fully saturated rings. The first kappa shape index (κ1) is 9.21. The van der Waals surface area contributed by atoms with Gasteiger partial charge in [0.15, 0.2) is 0 Å². The Morgan fingerprint density at radius 2 is 2.30 bits per heavy atom. The molecule has 0 atom stereocenters. The summed E-state index contributed by atoms with van der Waals surface area (Å²) in [7, 11) is -3.60. The number of terminal acetylenes is 1. The van der Waals surface area contributed by atoms with Crippen LogP contribution in [-0.2, 0) is 14.3 Å². The zero-order valence-corrected chi connectivity index (χ0v) is 6.44. The van der Waals surface area contributed by atoms with Gasteiger partial charge in [0.2, 0.25) is 0 Å². The van der Waals surface area contributed by atoms with Crippen LogP contribution in [-0.4, -0.2) is 15.0 Å². The molecular formula is C6H8O3S. The molecule has 0 N–H and O–H groups in total. The molecule has 56 valence electrons. The Balaban J connectivity index is 4.20. The minimum absolute atomic E-state index is 0.0391. The predicted molar refractivity (Wildman–Crippen MR) is 38.5 cm³/mol. The molecule has 0 aromatic carbocycles. The first-order chi connectivity index (χ1) is 4.50. The molecule has 0 aromatic rings. The van der Waals surface area contributed by atoms with Gasteiger partial charge in [0.05, 0.1) is 4.91 Å². The average molecular weight is 160 g/mol. The van der Waals surface area contributed by atoms with Gasteiger partial charge in [-0.1, -0.05) is 12.5 Å². The lowest BCUT2D eigenvalue weighted by Crippen LogP contribution is -2.05. The third-order valence-corrected chi connectivity index (χ3v) is 2.01. The van der Waals surface area contributed by atoms with Crippen LogP contribution in [0.3, 0.4) is 0 Å². The summed E-state index contributed by atoms with van der Waals surface area (Å²) in [6, 6.07) is 0. The molecule has 3 nitrogen and oxygen atoms in total. The molecule has 0 bridgehead atoms. The van der Waals surface area contributed by atoms with Gasteiger partial charge in [-0.05, 0) is 6.92 Å². The zero-order valence-electron chi connectivity index (χ0n) is 5.62. The second-order valence-electron chi connectivity index (χ2n) is 1.62. The minimum Gasteiger partial charge on any atom is -0.254 e. The summed E-state index contributed by atoms with van der Waals surface area (Å²) in [4.78, 5) is -0.0391. The Morgan fingerprint density at radius 3 is 2.60 bits per heavy atom. The van der Waals surface area contributed by atoms with E-state index >= 15 is 0 Å². The van der Waals surface area contributed by atoms with Gasteiger partial charge in [0.1, 0.15) is 6.61 Å². The van der Waals surface area contributed by atoms with Crippen molar-refractivity contribution < 1.29 is 12.6 Å². The standard InChI is InChI=1S/C6H8O3S/c1-4-5-9-10(7,8)6(2)3/h1H,2,5H2,3H3. The summed E-state index contributed by atoms with van der Waals surface area (Å²) in [5.74, 6) is 2.04. The smallest absolute Gasteiger partial charge is 0.254 e. The fourth-order valence-corrected chi connectivity index (χ4v) is 0.637. The quantitative estimate of drug-likeness (QED) is 0.446. The van der Waals surface area contributed by atoms with E-state index in [-0.39, 0.29) is 11.5 Å². The van der Waals surface area contributed by atoms with Gasteiger partial charge in [-0.2, -0.15) is 8.42 Å². The third kappa shape index (κ3) is 2.67. The number of rotatable bonds is 3. The van der Waals surface area contributed by atoms with Crippen LogP contribution >= 0.6 is 0 Å². The molecule has 0 saturated heterocycles. The highest BCUT2D eigenvalue weighted by Gasteiger charge is 2.09. The Labute approximate surface area is 60.8 Å². The van der Waals surface area contributed by atoms with E-state index in [0.717, 1.165) is 0 Å². The molecule has 0 aliphatic carbocycles. The molecule has 0 radical (unpaired) electrons. The van der Waals surface area contributed by atoms with Crippen LogP contribution in [0.1, 0.15) is 6.92 Å². The molecule has 0 spiro atoms. The molecule has 4 heteroatoms. The highest BCUT2D eigenvalue weighted by molar-refractivity contribution is 7.90. The topological polar surface area (TPSA) is 43.4 Å². The second kappa shape index (κ2) is 3.40. The summed E-state index contributed by atoms with van der Waals surface area (Å²) < 4.78 is 25.6. The zero-order chi connectivity index (χ0) is 8.20. The summed E-state index contributed by atoms with van der Waals surface area (Å²) in [6.07, 6.45) is 4.77. The predicted octanol–water partition coefficient (Wildman–Crippen LogP) is 0.500. The SMILES string of the molecule is C#CCOS(=O)(=O)C(=C)C. The maximum atomic E-state index is 10.7. The first-order valence-electron chi connectivity index (χ1n) is 2.49. The van der Waals surface area contributed by atoms with Gasteiger partial charge in [-0.3, -0.25) is 4.18 Å². The van der Waals surface area contributed by atoms with E-state index < -0.39 is 10.1 Å². The van der Waals surface area contributed by atoms with Crippen LogP contribution in [0.4, 0.5) is 0 Å². The fourth-order valence-electron chi connectivity index (χ4n) is 0.212. The average Bonchev–Trinajstić information content (AvgIpc) is 1.84. The monoisotopic (exact) mass is 160 g/mol. The minimum atomic E-state index is -3.60. The summed E-state index contributed by atoms with van der Waals surface area (Å²) in [5.41, 5.74) is 0. The van der Waals surface area contributed by atoms with E-state index in [2.05, 4.69) is 10.8 Å². The summed E-state index contributed by atoms with van der Waals surface area (Å²) in [5, 5.41) is 0. The lowest BCUT2D eigenvalue weighted by atomic mass is 10.8. The van der Waals surface area contributed by atoms with Crippen LogP contribution < -0.4 is 0 Å². The van der Waals surface area contributed by atoms with Gasteiger partial charge in [-0.25, -0.2) is 0 Å². The molecule has 0 unspecified atom stereocenters. The third-order valence-electron chi connectivity index (χ3n) is 0.724. The number of hydrogen-bond donors (Lipinski definition) is 0. The van der Waals surface area contributed by atoms with Crippen molar-refractivity contribution in [2.75, 3.05) is 6.61 Å². The second-order valence-corrected chi connectivity index (χ2v) is 3.46. The number of allylic oxidation sites excluding steroid dienone is 1. The van der Waals surface area contributed by atoms with Crippen LogP contribution in [0.5, 0.6) is 0 Å². The van der Waals surface area contributed by atoms with Crippen molar-refractivity contribution in [1.82, 2.24) is 0 Å². The maximum Gasteiger partial charge on any atom is 0.293 e. The van der Waals surface area contributed by atoms with Crippen molar-refractivity contribution >= 4 is 10.1 Å². The van der Waals surface area contributed by atoms with Crippen molar-refractivity contribution in [3.63, 3.8) is 0 Å². The first-order valence-corrected chi connectivity index (χ1v) is 3.90. The molecule has 0 saturated carbocycles. The lowest BCUT2D eigenvalue weighted by Gasteiger charge is -1.98. The van der Waals surface area contributed by atoms with Gasteiger partial charge >= 0.3 is 0 Å². The van der Waals surface area contributed by atoms with Gasteiger partial charge < -0.3 is 0 Å². The summed E-state index contributed by atoms with van der Waals surface area (Å²) >= 11 is 0. The Hall–Kier alpha value is -0.790. The maximum absolute atomic E-state index is 10.7. The molecule has 0 aliphatic rings. The molecule has 0 aromatic heterocycles. The van der Waals surface area contributed by atoms with Crippen molar-refractivity contribution in [2.45, 2.75) is 6.92 Å². The molecule has 0 heterocycles. The summed E-state index contributed by atoms with van der Waals surface area (Å²) in [6.45, 7) is 4.30. The van der Waals surface area contributed by atoms with Crippen molar-refractivity contribution in [3.8, 4) is 12.3 Å². The molecule has 0 rings (SSSR count). The van der Waals surface area contributed by atoms with Crippen molar-refractivity contribution in [1.29, 1.82) is 0 Å². The molecule has 0 amide bonds. The van der Waals surface area contributed by atoms with Gasteiger partial charge in [0, 0.05) is 0 Å². The molecule has 10 heavy (non-hydrogen) atoms. The van der Waals surface area contributed by atoms with Crippen LogP contribution in [0, 0.1) is 12.3 Å². The fraction of sp³-hybridized carbons (Fsp3) is 0.333. The van der Waals surface area contributed by atoms with Gasteiger partial charge in [-0.15, -0.1) is 6.42 Å². The number of hydrogen-bond acceptors (Lipinski definition) is 3. The Bertz CT molecular complexity index is 255. The van der Waals surface area contributed by atoms with Crippen LogP contribution in [0.25, 0.3) is 0 Å². The van der Waals surface area contributed by atoms with E-state index in [1.54, 1.807) is 0 Å². The van der Waals surface area contributed by atoms with Crippen molar-refractivity contribution in [3.05, 3.63) is 11.5 Å². The van der Waals surface area contributed by atoms with E-state index in [4.69, 9.17) is 6.42 Å². The normalized spacial score (nSPS) is 10.4. The van der Waals surface area contributed by atoms with Crippen molar-refractivity contribution in [2.24, 2.45) is 0 Å².